The van der Waals surface area contributed by atoms with Crippen LogP contribution in [0.15, 0.2) is 52.2 Å². The van der Waals surface area contributed by atoms with Gasteiger partial charge in [-0.1, -0.05) is 30.3 Å². The number of hydrogen-bond donors (Lipinski definition) is 1. The van der Waals surface area contributed by atoms with Gasteiger partial charge in [0.15, 0.2) is 17.4 Å². The Bertz CT molecular complexity index is 1380. The molecule has 43 heavy (non-hydrogen) atoms. The van der Waals surface area contributed by atoms with Crippen LogP contribution in [-0.2, 0) is 63.6 Å². The molecule has 2 aromatic rings. The molecular formula is C25H32FN2O14P. The van der Waals surface area contributed by atoms with Crippen molar-refractivity contribution in [2.24, 2.45) is 0 Å². The fraction of sp³-hybridized carbons (Fsp3) is 0.560. The second kappa shape index (κ2) is 14.2. The number of halogens is 1. The molecule has 1 aromatic carbocycles. The molecule has 0 saturated carbocycles. The van der Waals surface area contributed by atoms with E-state index in [0.29, 0.717) is 5.56 Å². The predicted molar refractivity (Wildman–Crippen MR) is 140 cm³/mol. The highest BCUT2D eigenvalue weighted by molar-refractivity contribution is 7.48. The molecule has 18 heteroatoms. The van der Waals surface area contributed by atoms with Crippen LogP contribution in [0.3, 0.4) is 0 Å². The van der Waals surface area contributed by atoms with Gasteiger partial charge in [0.05, 0.1) is 26.4 Å². The van der Waals surface area contributed by atoms with Gasteiger partial charge in [-0.3, -0.25) is 23.4 Å². The van der Waals surface area contributed by atoms with E-state index in [0.717, 1.165) is 23.9 Å². The Labute approximate surface area is 244 Å². The summed E-state index contributed by atoms with van der Waals surface area (Å²) in [4.78, 5) is 38.4. The zero-order valence-electron chi connectivity index (χ0n) is 23.5. The summed E-state index contributed by atoms with van der Waals surface area (Å²) >= 11 is 0. The number of rotatable bonds is 15. The third-order valence-electron chi connectivity index (χ3n) is 6.63. The number of carbonyl (C=O) groups excluding carboxylic acids is 1. The van der Waals surface area contributed by atoms with E-state index in [1.807, 2.05) is 0 Å². The third-order valence-corrected chi connectivity index (χ3v) is 7.94. The van der Waals surface area contributed by atoms with Gasteiger partial charge in [0.25, 0.3) is 12.0 Å². The average Bonchev–Trinajstić information content (AvgIpc) is 3.33. The van der Waals surface area contributed by atoms with Gasteiger partial charge in [-0.15, -0.1) is 0 Å². The van der Waals surface area contributed by atoms with Gasteiger partial charge in [0.2, 0.25) is 6.79 Å². The van der Waals surface area contributed by atoms with Crippen molar-refractivity contribution < 1.29 is 60.5 Å². The van der Waals surface area contributed by atoms with Gasteiger partial charge in [-0.05, 0) is 12.5 Å². The van der Waals surface area contributed by atoms with E-state index in [4.69, 9.17) is 46.7 Å². The first kappa shape index (κ1) is 32.9. The Morgan fingerprint density at radius 3 is 2.51 bits per heavy atom. The normalized spacial score (nSPS) is 24.9. The van der Waals surface area contributed by atoms with E-state index < -0.39 is 75.3 Å². The second-order valence-corrected chi connectivity index (χ2v) is 11.2. The number of aromatic nitrogens is 2. The molecule has 0 spiro atoms. The van der Waals surface area contributed by atoms with E-state index >= 15 is 0 Å². The molecule has 16 nitrogen and oxygen atoms in total. The van der Waals surface area contributed by atoms with Gasteiger partial charge >= 0.3 is 19.7 Å². The monoisotopic (exact) mass is 634 g/mol. The molecule has 2 aliphatic heterocycles. The molecule has 5 atom stereocenters. The summed E-state index contributed by atoms with van der Waals surface area (Å²) in [6.07, 6.45) is -1.98. The summed E-state index contributed by atoms with van der Waals surface area (Å²) in [5.74, 6) is 0. The van der Waals surface area contributed by atoms with Gasteiger partial charge in [0, 0.05) is 26.5 Å². The standard InChI is InChI=1S/C25H32FN2O14P/c1-24(28-10-9-19(29)27-21(28)30)20(41-23(33-2)42-24)25(14-26,34-3)15-38-43(32,37-11-17-7-5-4-6-8-17)39-16-36-22(31)40-18-12-35-13-18/h4-10,18,20,23H,11-16H2,1-3H3,(H,27,29,30)/t20-,23?,24?,25-,43?/m1/s1. The van der Waals surface area contributed by atoms with Crippen molar-refractivity contribution in [3.8, 4) is 0 Å². The lowest BCUT2D eigenvalue weighted by atomic mass is 9.90. The number of methoxy groups -OCH3 is 2. The van der Waals surface area contributed by atoms with Crippen molar-refractivity contribution in [3.63, 3.8) is 0 Å². The van der Waals surface area contributed by atoms with Crippen LogP contribution >= 0.6 is 7.82 Å². The third kappa shape index (κ3) is 7.75. The maximum atomic E-state index is 15.0. The van der Waals surface area contributed by atoms with Crippen LogP contribution in [0, 0.1) is 0 Å². The number of nitrogens with zero attached hydrogens (tertiary/aromatic N) is 1. The summed E-state index contributed by atoms with van der Waals surface area (Å²) in [5, 5.41) is 0. The molecule has 0 aliphatic carbocycles. The largest absolute Gasteiger partial charge is 0.510 e. The smallest absolute Gasteiger partial charge is 0.426 e. The van der Waals surface area contributed by atoms with Gasteiger partial charge in [-0.2, -0.15) is 0 Å². The topological polar surface area (TPSA) is 181 Å². The Morgan fingerprint density at radius 2 is 1.91 bits per heavy atom. The zero-order chi connectivity index (χ0) is 31.1. The molecule has 4 rings (SSSR count). The molecule has 2 aliphatic rings. The number of hydrogen-bond acceptors (Lipinski definition) is 14. The van der Waals surface area contributed by atoms with Crippen molar-refractivity contribution in [3.05, 3.63) is 69.0 Å². The van der Waals surface area contributed by atoms with Crippen LogP contribution in [0.1, 0.15) is 12.5 Å². The summed E-state index contributed by atoms with van der Waals surface area (Å²) in [7, 11) is -2.26. The van der Waals surface area contributed by atoms with E-state index in [-0.39, 0.29) is 19.8 Å². The van der Waals surface area contributed by atoms with Gasteiger partial charge in [0.1, 0.15) is 12.8 Å². The molecule has 1 N–H and O–H groups in total. The van der Waals surface area contributed by atoms with E-state index in [2.05, 4.69) is 4.98 Å². The number of phosphoric acid groups is 1. The number of benzene rings is 1. The molecule has 1 aromatic heterocycles. The first-order valence-electron chi connectivity index (χ1n) is 12.8. The summed E-state index contributed by atoms with van der Waals surface area (Å²) < 4.78 is 82.7. The lowest BCUT2D eigenvalue weighted by molar-refractivity contribution is -0.252. The number of alkyl halides is 1. The average molecular weight is 635 g/mol. The molecular weight excluding hydrogens is 602 g/mol. The first-order valence-corrected chi connectivity index (χ1v) is 14.3. The van der Waals surface area contributed by atoms with Crippen LogP contribution < -0.4 is 11.2 Å². The van der Waals surface area contributed by atoms with Crippen molar-refractivity contribution in [1.29, 1.82) is 0 Å². The summed E-state index contributed by atoms with van der Waals surface area (Å²) in [6, 6.07) is 9.62. The SMILES string of the molecule is COC1O[C@@H]([C@@](CF)(COP(=O)(OCOC(=O)OC2COC2)OCc2ccccc2)OC)C(C)(n2ccc(=O)[nH]c2=O)O1. The first-order chi connectivity index (χ1) is 20.6. The van der Waals surface area contributed by atoms with E-state index in [9.17, 15) is 23.3 Å². The minimum absolute atomic E-state index is 0.209. The molecule has 2 saturated heterocycles. The molecule has 0 radical (unpaired) electrons. The van der Waals surface area contributed by atoms with Crippen LogP contribution in [0.5, 0.6) is 0 Å². The lowest BCUT2D eigenvalue weighted by Crippen LogP contribution is -2.61. The van der Waals surface area contributed by atoms with Crippen molar-refractivity contribution in [2.75, 3.05) is 47.5 Å². The van der Waals surface area contributed by atoms with Gasteiger partial charge < -0.3 is 33.2 Å². The molecule has 0 amide bonds. The fourth-order valence-electron chi connectivity index (χ4n) is 4.21. The lowest BCUT2D eigenvalue weighted by Gasteiger charge is -2.41. The minimum atomic E-state index is -4.63. The maximum absolute atomic E-state index is 15.0. The second-order valence-electron chi connectivity index (χ2n) is 9.49. The Morgan fingerprint density at radius 1 is 1.16 bits per heavy atom. The maximum Gasteiger partial charge on any atom is 0.510 e. The molecule has 3 heterocycles. The number of H-pyrrole nitrogens is 1. The van der Waals surface area contributed by atoms with Crippen molar-refractivity contribution in [1.82, 2.24) is 9.55 Å². The predicted octanol–water partition coefficient (Wildman–Crippen LogP) is 1.78. The highest BCUT2D eigenvalue weighted by Gasteiger charge is 2.60. The van der Waals surface area contributed by atoms with E-state index in [1.54, 1.807) is 30.3 Å². The Kier molecular flexibility index (Phi) is 10.9. The van der Waals surface area contributed by atoms with E-state index in [1.165, 1.54) is 14.0 Å². The van der Waals surface area contributed by atoms with Gasteiger partial charge in [-0.25, -0.2) is 23.1 Å². The van der Waals surface area contributed by atoms with Crippen LogP contribution in [0.25, 0.3) is 0 Å². The summed E-state index contributed by atoms with van der Waals surface area (Å²) in [5.41, 5.74) is -4.97. The highest BCUT2D eigenvalue weighted by atomic mass is 31.2. The Balaban J connectivity index is 1.56. The van der Waals surface area contributed by atoms with Crippen LogP contribution in [-0.4, -0.2) is 87.5 Å². The minimum Gasteiger partial charge on any atom is -0.426 e. The molecule has 0 bridgehead atoms. The number of ether oxygens (including phenoxy) is 7. The molecule has 238 valence electrons. The Hall–Kier alpha value is -2.99. The zero-order valence-corrected chi connectivity index (χ0v) is 24.4. The fourth-order valence-corrected chi connectivity index (χ4v) is 5.30. The number of phosphoric ester groups is 1. The summed E-state index contributed by atoms with van der Waals surface area (Å²) in [6.45, 7) is -2.98. The van der Waals surface area contributed by atoms with Crippen LogP contribution in [0.2, 0.25) is 0 Å². The molecule has 3 unspecified atom stereocenters. The number of carbonyl (C=O) groups is 1. The quantitative estimate of drug-likeness (QED) is 0.170. The molecule has 2 fully saturated rings. The van der Waals surface area contributed by atoms with Crippen molar-refractivity contribution >= 4 is 14.0 Å². The number of nitrogens with one attached hydrogen (secondary N) is 1. The van der Waals surface area contributed by atoms with Crippen LogP contribution in [0.4, 0.5) is 9.18 Å². The number of aromatic amines is 1. The van der Waals surface area contributed by atoms with Crippen molar-refractivity contribution in [2.45, 2.75) is 43.5 Å². The highest BCUT2D eigenvalue weighted by Crippen LogP contribution is 2.52.